The van der Waals surface area contributed by atoms with Crippen LogP contribution >= 0.6 is 23.2 Å². The first kappa shape index (κ1) is 14.8. The summed E-state index contributed by atoms with van der Waals surface area (Å²) in [6.45, 7) is 0.397. The monoisotopic (exact) mass is 289 g/mol. The molecule has 2 amide bonds. The van der Waals surface area contributed by atoms with Crippen molar-refractivity contribution in [1.29, 1.82) is 0 Å². The number of nitrogens with two attached hydrogens (primary N) is 1. The summed E-state index contributed by atoms with van der Waals surface area (Å²) in [5, 5.41) is 6.10. The van der Waals surface area contributed by atoms with E-state index in [1.165, 1.54) is 0 Å². The highest BCUT2D eigenvalue weighted by molar-refractivity contribution is 6.39. The van der Waals surface area contributed by atoms with Gasteiger partial charge in [0.25, 0.3) is 0 Å². The Morgan fingerprint density at radius 1 is 1.22 bits per heavy atom. The van der Waals surface area contributed by atoms with E-state index in [-0.39, 0.29) is 18.9 Å². The molecule has 5 nitrogen and oxygen atoms in total. The van der Waals surface area contributed by atoms with Crippen molar-refractivity contribution in [3.05, 3.63) is 28.2 Å². The molecule has 18 heavy (non-hydrogen) atoms. The molecule has 1 rings (SSSR count). The number of amides is 2. The third kappa shape index (κ3) is 4.91. The van der Waals surface area contributed by atoms with Crippen molar-refractivity contribution in [2.75, 3.05) is 18.4 Å². The number of halogens is 2. The highest BCUT2D eigenvalue weighted by Crippen LogP contribution is 2.29. The van der Waals surface area contributed by atoms with Crippen molar-refractivity contribution in [1.82, 2.24) is 5.32 Å². The number of anilines is 1. The molecule has 0 heterocycles. The number of hydrogen-bond donors (Lipinski definition) is 3. The molecule has 0 spiro atoms. The first-order valence-corrected chi connectivity index (χ1v) is 5.99. The smallest absolute Gasteiger partial charge is 0.238 e. The second kappa shape index (κ2) is 7.20. The molecule has 0 bridgehead atoms. The Balaban J connectivity index is 2.43. The molecule has 98 valence electrons. The van der Waals surface area contributed by atoms with Crippen molar-refractivity contribution < 1.29 is 9.59 Å². The minimum absolute atomic E-state index is 0.0504. The maximum absolute atomic E-state index is 11.6. The van der Waals surface area contributed by atoms with E-state index < -0.39 is 5.91 Å². The molecular weight excluding hydrogens is 277 g/mol. The zero-order chi connectivity index (χ0) is 13.5. The van der Waals surface area contributed by atoms with Crippen LogP contribution in [0.1, 0.15) is 6.42 Å². The molecule has 0 saturated heterocycles. The van der Waals surface area contributed by atoms with E-state index in [0.29, 0.717) is 22.3 Å². The molecule has 0 radical (unpaired) electrons. The van der Waals surface area contributed by atoms with E-state index in [9.17, 15) is 9.59 Å². The fourth-order valence-corrected chi connectivity index (χ4v) is 1.71. The van der Waals surface area contributed by atoms with Crippen LogP contribution in [0.3, 0.4) is 0 Å². The van der Waals surface area contributed by atoms with Gasteiger partial charge in [-0.2, -0.15) is 0 Å². The summed E-state index contributed by atoms with van der Waals surface area (Å²) >= 11 is 11.8. The van der Waals surface area contributed by atoms with Gasteiger partial charge < -0.3 is 16.4 Å². The predicted molar refractivity (Wildman–Crippen MR) is 71.8 cm³/mol. The molecule has 4 N–H and O–H groups in total. The fourth-order valence-electron chi connectivity index (χ4n) is 1.21. The van der Waals surface area contributed by atoms with Gasteiger partial charge in [0, 0.05) is 13.0 Å². The van der Waals surface area contributed by atoms with Gasteiger partial charge >= 0.3 is 0 Å². The highest BCUT2D eigenvalue weighted by atomic mass is 35.5. The Morgan fingerprint density at radius 3 is 2.39 bits per heavy atom. The maximum Gasteiger partial charge on any atom is 0.238 e. The first-order chi connectivity index (χ1) is 8.50. The van der Waals surface area contributed by atoms with Gasteiger partial charge in [-0.3, -0.25) is 9.59 Å². The molecule has 0 aliphatic heterocycles. The van der Waals surface area contributed by atoms with Crippen LogP contribution in [0.2, 0.25) is 10.0 Å². The lowest BCUT2D eigenvalue weighted by Crippen LogP contribution is -2.30. The average Bonchev–Trinajstić information content (AvgIpc) is 2.29. The molecule has 1 aromatic carbocycles. The molecule has 0 aromatic heterocycles. The van der Waals surface area contributed by atoms with Crippen LogP contribution in [-0.2, 0) is 9.59 Å². The van der Waals surface area contributed by atoms with Gasteiger partial charge in [-0.15, -0.1) is 0 Å². The molecule has 0 unspecified atom stereocenters. The Bertz CT molecular complexity index is 432. The topological polar surface area (TPSA) is 84.2 Å². The van der Waals surface area contributed by atoms with Crippen molar-refractivity contribution in [2.45, 2.75) is 6.42 Å². The third-order valence-corrected chi connectivity index (χ3v) is 2.69. The zero-order valence-electron chi connectivity index (χ0n) is 9.50. The molecule has 1 aromatic rings. The van der Waals surface area contributed by atoms with Crippen LogP contribution in [0, 0.1) is 0 Å². The predicted octanol–water partition coefficient (Wildman–Crippen LogP) is 1.40. The number of primary amides is 1. The SMILES string of the molecule is NC(=O)CCNCC(=O)Nc1c(Cl)cccc1Cl. The number of nitrogens with one attached hydrogen (secondary N) is 2. The summed E-state index contributed by atoms with van der Waals surface area (Å²) in [5.74, 6) is -0.716. The standard InChI is InChI=1S/C11H13Cl2N3O2/c12-7-2-1-3-8(13)11(7)16-10(18)6-15-5-4-9(14)17/h1-3,15H,4-6H2,(H2,14,17)(H,16,18). The molecule has 0 aliphatic carbocycles. The lowest BCUT2D eigenvalue weighted by Gasteiger charge is -2.09. The Kier molecular flexibility index (Phi) is 5.91. The first-order valence-electron chi connectivity index (χ1n) is 5.23. The van der Waals surface area contributed by atoms with E-state index in [1.54, 1.807) is 18.2 Å². The largest absolute Gasteiger partial charge is 0.370 e. The van der Waals surface area contributed by atoms with Crippen molar-refractivity contribution in [2.24, 2.45) is 5.73 Å². The van der Waals surface area contributed by atoms with E-state index in [1.807, 2.05) is 0 Å². The number of benzene rings is 1. The summed E-state index contributed by atoms with van der Waals surface area (Å²) < 4.78 is 0. The van der Waals surface area contributed by atoms with E-state index in [0.717, 1.165) is 0 Å². The third-order valence-electron chi connectivity index (χ3n) is 2.06. The summed E-state index contributed by atoms with van der Waals surface area (Å²) in [6, 6.07) is 4.94. The van der Waals surface area contributed by atoms with Gasteiger partial charge in [0.15, 0.2) is 0 Å². The van der Waals surface area contributed by atoms with Crippen LogP contribution in [0.4, 0.5) is 5.69 Å². The van der Waals surface area contributed by atoms with E-state index in [2.05, 4.69) is 10.6 Å². The number of para-hydroxylation sites is 1. The van der Waals surface area contributed by atoms with Crippen LogP contribution in [0.5, 0.6) is 0 Å². The minimum atomic E-state index is -0.419. The molecule has 0 atom stereocenters. The Labute approximate surface area is 115 Å². The summed E-state index contributed by atoms with van der Waals surface area (Å²) in [5.41, 5.74) is 5.34. The molecule has 0 fully saturated rings. The summed E-state index contributed by atoms with van der Waals surface area (Å²) in [7, 11) is 0. The van der Waals surface area contributed by atoms with E-state index in [4.69, 9.17) is 28.9 Å². The zero-order valence-corrected chi connectivity index (χ0v) is 11.0. The minimum Gasteiger partial charge on any atom is -0.370 e. The lowest BCUT2D eigenvalue weighted by molar-refractivity contribution is -0.118. The Hall–Kier alpha value is -1.30. The maximum atomic E-state index is 11.6. The summed E-state index contributed by atoms with van der Waals surface area (Å²) in [6.07, 6.45) is 0.181. The van der Waals surface area contributed by atoms with Gasteiger partial charge in [-0.05, 0) is 12.1 Å². The number of carbonyl (C=O) groups excluding carboxylic acids is 2. The van der Waals surface area contributed by atoms with Crippen molar-refractivity contribution in [3.63, 3.8) is 0 Å². The van der Waals surface area contributed by atoms with E-state index >= 15 is 0 Å². The average molecular weight is 290 g/mol. The second-order valence-corrected chi connectivity index (χ2v) is 4.35. The molecule has 0 aliphatic rings. The van der Waals surface area contributed by atoms with Gasteiger partial charge in [0.1, 0.15) is 0 Å². The normalized spacial score (nSPS) is 10.1. The molecule has 0 saturated carbocycles. The van der Waals surface area contributed by atoms with Crippen molar-refractivity contribution >= 4 is 40.7 Å². The highest BCUT2D eigenvalue weighted by Gasteiger charge is 2.09. The summed E-state index contributed by atoms with van der Waals surface area (Å²) in [4.78, 5) is 22.0. The molecule has 7 heteroatoms. The van der Waals surface area contributed by atoms with Crippen LogP contribution < -0.4 is 16.4 Å². The molecular formula is C11H13Cl2N3O2. The van der Waals surface area contributed by atoms with Gasteiger partial charge in [0.05, 0.1) is 22.3 Å². The second-order valence-electron chi connectivity index (χ2n) is 3.54. The van der Waals surface area contributed by atoms with Crippen LogP contribution in [-0.4, -0.2) is 24.9 Å². The fraction of sp³-hybridized carbons (Fsp3) is 0.273. The number of carbonyl (C=O) groups is 2. The Morgan fingerprint density at radius 2 is 1.83 bits per heavy atom. The van der Waals surface area contributed by atoms with Gasteiger partial charge in [-0.1, -0.05) is 29.3 Å². The lowest BCUT2D eigenvalue weighted by atomic mass is 10.3. The quantitative estimate of drug-likeness (QED) is 0.692. The van der Waals surface area contributed by atoms with Gasteiger partial charge in [0.2, 0.25) is 11.8 Å². The van der Waals surface area contributed by atoms with Crippen LogP contribution in [0.15, 0.2) is 18.2 Å². The van der Waals surface area contributed by atoms with Gasteiger partial charge in [-0.25, -0.2) is 0 Å². The number of hydrogen-bond acceptors (Lipinski definition) is 3. The van der Waals surface area contributed by atoms with Crippen molar-refractivity contribution in [3.8, 4) is 0 Å². The van der Waals surface area contributed by atoms with Crippen LogP contribution in [0.25, 0.3) is 0 Å². The number of rotatable bonds is 6.